The largest absolute Gasteiger partial charge is 0.357 e. The van der Waals surface area contributed by atoms with Crippen molar-refractivity contribution in [2.45, 2.75) is 25.4 Å². The average Bonchev–Trinajstić information content (AvgIpc) is 2.86. The summed E-state index contributed by atoms with van der Waals surface area (Å²) in [6, 6.07) is 2.80. The van der Waals surface area contributed by atoms with Crippen LogP contribution in [0.2, 0.25) is 0 Å². The Hall–Kier alpha value is -1.20. The number of nitrogens with one attached hydrogen (secondary N) is 1. The van der Waals surface area contributed by atoms with Crippen molar-refractivity contribution in [3.05, 3.63) is 18.0 Å². The first kappa shape index (κ1) is 11.9. The molecular weight excluding hydrogens is 226 g/mol. The van der Waals surface area contributed by atoms with Gasteiger partial charge in [-0.15, -0.1) is 0 Å². The zero-order valence-electron chi connectivity index (χ0n) is 11.0. The summed E-state index contributed by atoms with van der Waals surface area (Å²) in [5.74, 6) is 0.715. The molecule has 2 aliphatic rings. The first-order chi connectivity index (χ1) is 8.85. The molecule has 98 valence electrons. The van der Waals surface area contributed by atoms with Crippen molar-refractivity contribution in [2.75, 3.05) is 38.5 Å². The number of anilines is 1. The highest BCUT2D eigenvalue weighted by Gasteiger charge is 2.30. The topological polar surface area (TPSA) is 44.3 Å². The fourth-order valence-corrected chi connectivity index (χ4v) is 3.03. The van der Waals surface area contributed by atoms with Gasteiger partial charge in [0.2, 0.25) is 5.95 Å². The van der Waals surface area contributed by atoms with Gasteiger partial charge in [-0.05, 0) is 25.5 Å². The van der Waals surface area contributed by atoms with E-state index in [9.17, 15) is 0 Å². The second kappa shape index (κ2) is 5.20. The van der Waals surface area contributed by atoms with E-state index in [4.69, 9.17) is 0 Å². The standard InChI is InChI=1S/C13H21N5/c1-14-13-15-5-4-11(16-13)9-17-7-8-18-6-2-3-12(18)10-17/h4-5,12H,2-3,6-10H2,1H3,(H,14,15,16). The van der Waals surface area contributed by atoms with E-state index in [-0.39, 0.29) is 0 Å². The molecule has 1 aromatic heterocycles. The Kier molecular flexibility index (Phi) is 3.43. The monoisotopic (exact) mass is 247 g/mol. The minimum Gasteiger partial charge on any atom is -0.357 e. The smallest absolute Gasteiger partial charge is 0.222 e. The van der Waals surface area contributed by atoms with Gasteiger partial charge in [0.15, 0.2) is 0 Å². The summed E-state index contributed by atoms with van der Waals surface area (Å²) in [6.07, 6.45) is 4.57. The SMILES string of the molecule is CNc1nccc(CN2CCN3CCCC3C2)n1. The molecule has 0 bridgehead atoms. The van der Waals surface area contributed by atoms with Gasteiger partial charge in [0.1, 0.15) is 0 Å². The Bertz CT molecular complexity index is 408. The molecule has 2 aliphatic heterocycles. The van der Waals surface area contributed by atoms with Crippen molar-refractivity contribution >= 4 is 5.95 Å². The number of fused-ring (bicyclic) bond motifs is 1. The maximum atomic E-state index is 4.49. The summed E-state index contributed by atoms with van der Waals surface area (Å²) in [4.78, 5) is 13.8. The Morgan fingerprint density at radius 3 is 3.22 bits per heavy atom. The molecular formula is C13H21N5. The van der Waals surface area contributed by atoms with Crippen molar-refractivity contribution < 1.29 is 0 Å². The molecule has 0 aromatic carbocycles. The van der Waals surface area contributed by atoms with Crippen LogP contribution in [0.15, 0.2) is 12.3 Å². The molecule has 3 heterocycles. The van der Waals surface area contributed by atoms with Crippen LogP contribution in [0.25, 0.3) is 0 Å². The third kappa shape index (κ3) is 2.47. The first-order valence-electron chi connectivity index (χ1n) is 6.81. The summed E-state index contributed by atoms with van der Waals surface area (Å²) >= 11 is 0. The van der Waals surface area contributed by atoms with Crippen LogP contribution < -0.4 is 5.32 Å². The van der Waals surface area contributed by atoms with Crippen LogP contribution in [0.1, 0.15) is 18.5 Å². The van der Waals surface area contributed by atoms with Crippen LogP contribution >= 0.6 is 0 Å². The van der Waals surface area contributed by atoms with Gasteiger partial charge in [-0.2, -0.15) is 0 Å². The summed E-state index contributed by atoms with van der Waals surface area (Å²) in [7, 11) is 1.86. The number of nitrogens with zero attached hydrogens (tertiary/aromatic N) is 4. The molecule has 0 radical (unpaired) electrons. The van der Waals surface area contributed by atoms with Crippen LogP contribution in [-0.2, 0) is 6.54 Å². The van der Waals surface area contributed by atoms with E-state index in [2.05, 4.69) is 25.1 Å². The second-order valence-electron chi connectivity index (χ2n) is 5.19. The van der Waals surface area contributed by atoms with E-state index in [1.54, 1.807) is 0 Å². The molecule has 1 unspecified atom stereocenters. The molecule has 2 saturated heterocycles. The first-order valence-corrected chi connectivity index (χ1v) is 6.81. The lowest BCUT2D eigenvalue weighted by Crippen LogP contribution is -2.49. The summed E-state index contributed by atoms with van der Waals surface area (Å²) < 4.78 is 0. The van der Waals surface area contributed by atoms with Crippen molar-refractivity contribution in [3.8, 4) is 0 Å². The molecule has 3 rings (SSSR count). The lowest BCUT2D eigenvalue weighted by molar-refractivity contribution is 0.0984. The molecule has 0 saturated carbocycles. The zero-order chi connectivity index (χ0) is 12.4. The van der Waals surface area contributed by atoms with E-state index in [1.807, 2.05) is 19.3 Å². The lowest BCUT2D eigenvalue weighted by Gasteiger charge is -2.37. The highest BCUT2D eigenvalue weighted by molar-refractivity contribution is 5.23. The van der Waals surface area contributed by atoms with Gasteiger partial charge in [0, 0.05) is 45.5 Å². The number of aromatic nitrogens is 2. The highest BCUT2D eigenvalue weighted by atomic mass is 15.3. The van der Waals surface area contributed by atoms with Crippen molar-refractivity contribution in [1.29, 1.82) is 0 Å². The van der Waals surface area contributed by atoms with Gasteiger partial charge < -0.3 is 5.32 Å². The van der Waals surface area contributed by atoms with Crippen LogP contribution in [0.5, 0.6) is 0 Å². The van der Waals surface area contributed by atoms with Crippen molar-refractivity contribution in [1.82, 2.24) is 19.8 Å². The van der Waals surface area contributed by atoms with Gasteiger partial charge in [0.25, 0.3) is 0 Å². The number of rotatable bonds is 3. The molecule has 1 atom stereocenters. The third-order valence-corrected chi connectivity index (χ3v) is 3.99. The van der Waals surface area contributed by atoms with Gasteiger partial charge in [-0.3, -0.25) is 9.80 Å². The fraction of sp³-hybridized carbons (Fsp3) is 0.692. The predicted octanol–water partition coefficient (Wildman–Crippen LogP) is 0.798. The zero-order valence-corrected chi connectivity index (χ0v) is 11.0. The van der Waals surface area contributed by atoms with Gasteiger partial charge >= 0.3 is 0 Å². The fourth-order valence-electron chi connectivity index (χ4n) is 3.03. The maximum Gasteiger partial charge on any atom is 0.222 e. The quantitative estimate of drug-likeness (QED) is 0.856. The minimum absolute atomic E-state index is 0.715. The second-order valence-corrected chi connectivity index (χ2v) is 5.19. The summed E-state index contributed by atoms with van der Waals surface area (Å²) in [6.45, 7) is 5.82. The molecule has 1 aromatic rings. The Balaban J connectivity index is 1.62. The van der Waals surface area contributed by atoms with Crippen molar-refractivity contribution in [2.24, 2.45) is 0 Å². The molecule has 5 nitrogen and oxygen atoms in total. The molecule has 0 amide bonds. The van der Waals surface area contributed by atoms with Gasteiger partial charge in [-0.1, -0.05) is 0 Å². The van der Waals surface area contributed by atoms with Gasteiger partial charge in [0.05, 0.1) is 5.69 Å². The molecule has 0 aliphatic carbocycles. The third-order valence-electron chi connectivity index (χ3n) is 3.99. The number of hydrogen-bond donors (Lipinski definition) is 1. The predicted molar refractivity (Wildman–Crippen MR) is 71.5 cm³/mol. The maximum absolute atomic E-state index is 4.49. The molecule has 1 N–H and O–H groups in total. The summed E-state index contributed by atoms with van der Waals surface area (Å²) in [5.41, 5.74) is 1.11. The molecule has 0 spiro atoms. The van der Waals surface area contributed by atoms with Crippen molar-refractivity contribution in [3.63, 3.8) is 0 Å². The number of hydrogen-bond acceptors (Lipinski definition) is 5. The Morgan fingerprint density at radius 2 is 2.33 bits per heavy atom. The Morgan fingerprint density at radius 1 is 1.39 bits per heavy atom. The van der Waals surface area contributed by atoms with E-state index in [0.717, 1.165) is 24.8 Å². The van der Waals surface area contributed by atoms with Crippen LogP contribution in [0, 0.1) is 0 Å². The molecule has 5 heteroatoms. The van der Waals surface area contributed by atoms with E-state index >= 15 is 0 Å². The highest BCUT2D eigenvalue weighted by Crippen LogP contribution is 2.22. The van der Waals surface area contributed by atoms with E-state index in [1.165, 1.54) is 32.5 Å². The van der Waals surface area contributed by atoms with E-state index in [0.29, 0.717) is 5.95 Å². The van der Waals surface area contributed by atoms with E-state index < -0.39 is 0 Å². The summed E-state index contributed by atoms with van der Waals surface area (Å²) in [5, 5.41) is 2.99. The molecule has 18 heavy (non-hydrogen) atoms. The van der Waals surface area contributed by atoms with Gasteiger partial charge in [-0.25, -0.2) is 9.97 Å². The Labute approximate surface area is 108 Å². The minimum atomic E-state index is 0.715. The molecule has 2 fully saturated rings. The lowest BCUT2D eigenvalue weighted by atomic mass is 10.1. The van der Waals surface area contributed by atoms with Crippen LogP contribution in [-0.4, -0.2) is 59.0 Å². The van der Waals surface area contributed by atoms with Crippen LogP contribution in [0.3, 0.4) is 0 Å². The van der Waals surface area contributed by atoms with Crippen LogP contribution in [0.4, 0.5) is 5.95 Å². The average molecular weight is 247 g/mol. The number of piperazine rings is 1. The normalized spacial score (nSPS) is 25.1.